The molecule has 0 unspecified atom stereocenters. The molecule has 0 atom stereocenters. The molecule has 0 aromatic carbocycles. The van der Waals surface area contributed by atoms with E-state index in [1.165, 1.54) is 5.56 Å². The number of likely N-dealkylation sites (N-methyl/N-ethyl adjacent to an activating group) is 1. The molecule has 0 radical (unpaired) electrons. The highest BCUT2D eigenvalue weighted by molar-refractivity contribution is 5.26. The fraction of sp³-hybridized carbons (Fsp3) is 0.500. The van der Waals surface area contributed by atoms with Gasteiger partial charge in [-0.1, -0.05) is 19.9 Å². The molecule has 3 heteroatoms. The van der Waals surface area contributed by atoms with Gasteiger partial charge in [0.05, 0.1) is 0 Å². The van der Waals surface area contributed by atoms with Crippen LogP contribution in [0.4, 0.5) is 0 Å². The van der Waals surface area contributed by atoms with Gasteiger partial charge in [0.1, 0.15) is 11.8 Å². The van der Waals surface area contributed by atoms with E-state index in [0.717, 1.165) is 13.1 Å². The summed E-state index contributed by atoms with van der Waals surface area (Å²) in [5, 5.41) is 8.56. The third-order valence-electron chi connectivity index (χ3n) is 2.44. The molecule has 1 aromatic heterocycles. The predicted molar refractivity (Wildman–Crippen MR) is 60.5 cm³/mol. The van der Waals surface area contributed by atoms with Crippen molar-refractivity contribution < 1.29 is 0 Å². The molecule has 2 heterocycles. The summed E-state index contributed by atoms with van der Waals surface area (Å²) in [5.41, 5.74) is 1.74. The van der Waals surface area contributed by atoms with Gasteiger partial charge in [-0.05, 0) is 18.7 Å². The maximum atomic E-state index is 8.56. The minimum atomic E-state index is 0.497. The zero-order valence-corrected chi connectivity index (χ0v) is 9.57. The second kappa shape index (κ2) is 5.47. The standard InChI is InChI=1S/C10H11N3.C2H6/c1-13-6-9(7-13)8-2-3-10(4-11)12-5-8;1-2/h2-3,5,9H,6-7H2,1H3;1-2H3. The Kier molecular flexibility index (Phi) is 4.26. The van der Waals surface area contributed by atoms with Gasteiger partial charge in [0.2, 0.25) is 0 Å². The Morgan fingerprint density at radius 1 is 1.40 bits per heavy atom. The number of hydrogen-bond donors (Lipinski definition) is 0. The molecule has 1 aliphatic heterocycles. The average Bonchev–Trinajstić information content (AvgIpc) is 2.28. The highest BCUT2D eigenvalue weighted by Crippen LogP contribution is 2.24. The van der Waals surface area contributed by atoms with Crippen LogP contribution in [0.2, 0.25) is 0 Å². The molecular formula is C12H17N3. The van der Waals surface area contributed by atoms with Crippen molar-refractivity contribution in [3.63, 3.8) is 0 Å². The Balaban J connectivity index is 0.000000531. The average molecular weight is 203 g/mol. The zero-order chi connectivity index (χ0) is 11.3. The highest BCUT2D eigenvalue weighted by Gasteiger charge is 2.24. The van der Waals surface area contributed by atoms with Crippen LogP contribution in [0.1, 0.15) is 31.0 Å². The SMILES string of the molecule is CC.CN1CC(c2ccc(C#N)nc2)C1. The van der Waals surface area contributed by atoms with Crippen LogP contribution in [0.3, 0.4) is 0 Å². The number of likely N-dealkylation sites (tertiary alicyclic amines) is 1. The third kappa shape index (κ3) is 2.77. The quantitative estimate of drug-likeness (QED) is 0.701. The van der Waals surface area contributed by atoms with Gasteiger partial charge in [0.15, 0.2) is 0 Å². The Morgan fingerprint density at radius 3 is 2.47 bits per heavy atom. The van der Waals surface area contributed by atoms with Crippen LogP contribution >= 0.6 is 0 Å². The molecule has 0 bridgehead atoms. The Morgan fingerprint density at radius 2 is 2.07 bits per heavy atom. The summed E-state index contributed by atoms with van der Waals surface area (Å²) in [5.74, 6) is 0.616. The van der Waals surface area contributed by atoms with Crippen molar-refractivity contribution in [1.29, 1.82) is 5.26 Å². The normalized spacial score (nSPS) is 15.9. The van der Waals surface area contributed by atoms with E-state index < -0.39 is 0 Å². The van der Waals surface area contributed by atoms with Crippen LogP contribution in [-0.2, 0) is 0 Å². The number of hydrogen-bond acceptors (Lipinski definition) is 3. The maximum absolute atomic E-state index is 8.56. The predicted octanol–water partition coefficient (Wildman–Crippen LogP) is 2.01. The van der Waals surface area contributed by atoms with Crippen LogP contribution in [0, 0.1) is 11.3 Å². The van der Waals surface area contributed by atoms with Gasteiger partial charge < -0.3 is 4.90 Å². The summed E-state index contributed by atoms with van der Waals surface area (Å²) < 4.78 is 0. The molecule has 2 rings (SSSR count). The van der Waals surface area contributed by atoms with E-state index in [-0.39, 0.29) is 0 Å². The topological polar surface area (TPSA) is 39.9 Å². The monoisotopic (exact) mass is 203 g/mol. The van der Waals surface area contributed by atoms with Gasteiger partial charge >= 0.3 is 0 Å². The van der Waals surface area contributed by atoms with E-state index in [4.69, 9.17) is 5.26 Å². The van der Waals surface area contributed by atoms with E-state index in [2.05, 4.69) is 16.9 Å². The van der Waals surface area contributed by atoms with Gasteiger partial charge in [0, 0.05) is 25.2 Å². The van der Waals surface area contributed by atoms with Gasteiger partial charge in [-0.2, -0.15) is 5.26 Å². The zero-order valence-electron chi connectivity index (χ0n) is 9.57. The van der Waals surface area contributed by atoms with Crippen LogP contribution in [0.5, 0.6) is 0 Å². The lowest BCUT2D eigenvalue weighted by atomic mass is 9.93. The Bertz CT molecular complexity index is 331. The van der Waals surface area contributed by atoms with Crippen LogP contribution in [-0.4, -0.2) is 30.0 Å². The van der Waals surface area contributed by atoms with Crippen molar-refractivity contribution in [3.8, 4) is 6.07 Å². The van der Waals surface area contributed by atoms with E-state index in [0.29, 0.717) is 11.6 Å². The molecule has 15 heavy (non-hydrogen) atoms. The van der Waals surface area contributed by atoms with E-state index in [1.54, 1.807) is 6.07 Å². The summed E-state index contributed by atoms with van der Waals surface area (Å²) in [6.45, 7) is 6.21. The number of aromatic nitrogens is 1. The lowest BCUT2D eigenvalue weighted by Crippen LogP contribution is -2.41. The van der Waals surface area contributed by atoms with Crippen molar-refractivity contribution in [2.24, 2.45) is 0 Å². The first kappa shape index (κ1) is 11.7. The summed E-state index contributed by atoms with van der Waals surface area (Å²) in [4.78, 5) is 6.31. The summed E-state index contributed by atoms with van der Waals surface area (Å²) in [6, 6.07) is 5.80. The first-order chi connectivity index (χ1) is 7.29. The van der Waals surface area contributed by atoms with Crippen molar-refractivity contribution in [2.75, 3.05) is 20.1 Å². The number of pyridine rings is 1. The van der Waals surface area contributed by atoms with Crippen LogP contribution in [0.15, 0.2) is 18.3 Å². The molecule has 1 aromatic rings. The van der Waals surface area contributed by atoms with Gasteiger partial charge in [-0.25, -0.2) is 4.98 Å². The van der Waals surface area contributed by atoms with E-state index in [1.807, 2.05) is 32.2 Å². The minimum absolute atomic E-state index is 0.497. The molecule has 1 saturated heterocycles. The molecule has 80 valence electrons. The minimum Gasteiger partial charge on any atom is -0.305 e. The number of nitrogens with zero attached hydrogens (tertiary/aromatic N) is 3. The van der Waals surface area contributed by atoms with Crippen molar-refractivity contribution >= 4 is 0 Å². The largest absolute Gasteiger partial charge is 0.305 e. The van der Waals surface area contributed by atoms with Crippen LogP contribution < -0.4 is 0 Å². The summed E-state index contributed by atoms with van der Waals surface area (Å²) >= 11 is 0. The molecular weight excluding hydrogens is 186 g/mol. The smallest absolute Gasteiger partial charge is 0.140 e. The van der Waals surface area contributed by atoms with Gasteiger partial charge in [0.25, 0.3) is 0 Å². The third-order valence-corrected chi connectivity index (χ3v) is 2.44. The Hall–Kier alpha value is -1.40. The summed E-state index contributed by atoms with van der Waals surface area (Å²) in [6.07, 6.45) is 1.82. The van der Waals surface area contributed by atoms with E-state index >= 15 is 0 Å². The molecule has 1 aliphatic rings. The highest BCUT2D eigenvalue weighted by atomic mass is 15.2. The molecule has 0 saturated carbocycles. The maximum Gasteiger partial charge on any atom is 0.140 e. The molecule has 1 fully saturated rings. The van der Waals surface area contributed by atoms with Crippen molar-refractivity contribution in [3.05, 3.63) is 29.6 Å². The summed E-state index contributed by atoms with van der Waals surface area (Å²) in [7, 11) is 2.10. The lowest BCUT2D eigenvalue weighted by Gasteiger charge is -2.36. The molecule has 0 aliphatic carbocycles. The van der Waals surface area contributed by atoms with Crippen molar-refractivity contribution in [1.82, 2.24) is 9.88 Å². The van der Waals surface area contributed by atoms with E-state index in [9.17, 15) is 0 Å². The fourth-order valence-corrected chi connectivity index (χ4v) is 1.62. The molecule has 0 N–H and O–H groups in total. The Labute approximate surface area is 91.4 Å². The molecule has 0 amide bonds. The van der Waals surface area contributed by atoms with Gasteiger partial charge in [-0.15, -0.1) is 0 Å². The van der Waals surface area contributed by atoms with Gasteiger partial charge in [-0.3, -0.25) is 0 Å². The number of nitriles is 1. The second-order valence-corrected chi connectivity index (χ2v) is 3.51. The fourth-order valence-electron chi connectivity index (χ4n) is 1.62. The number of rotatable bonds is 1. The van der Waals surface area contributed by atoms with Crippen molar-refractivity contribution in [2.45, 2.75) is 19.8 Å². The van der Waals surface area contributed by atoms with Crippen LogP contribution in [0.25, 0.3) is 0 Å². The second-order valence-electron chi connectivity index (χ2n) is 3.51. The first-order valence-corrected chi connectivity index (χ1v) is 5.34. The first-order valence-electron chi connectivity index (χ1n) is 5.34. The lowest BCUT2D eigenvalue weighted by molar-refractivity contribution is 0.189. The molecule has 3 nitrogen and oxygen atoms in total. The molecule has 0 spiro atoms.